The normalized spacial score (nSPS) is 11.2. The lowest BCUT2D eigenvalue weighted by molar-refractivity contribution is 0.340. The van der Waals surface area contributed by atoms with E-state index >= 15 is 0 Å². The van der Waals surface area contributed by atoms with Gasteiger partial charge in [0.15, 0.2) is 28.8 Å². The third kappa shape index (κ3) is 3.71. The molecule has 2 aromatic heterocycles. The third-order valence-electron chi connectivity index (χ3n) is 4.80. The summed E-state index contributed by atoms with van der Waals surface area (Å²) in [6.07, 6.45) is 3.51. The number of aromatic nitrogens is 2. The van der Waals surface area contributed by atoms with Gasteiger partial charge in [0.1, 0.15) is 11.3 Å². The maximum absolute atomic E-state index is 10.1. The molecule has 4 rings (SSSR count). The van der Waals surface area contributed by atoms with Gasteiger partial charge in [-0.25, -0.2) is 9.98 Å². The molecule has 0 aliphatic heterocycles. The highest BCUT2D eigenvalue weighted by Crippen LogP contribution is 2.38. The van der Waals surface area contributed by atoms with Crippen LogP contribution in [0, 0.1) is 0 Å². The number of rotatable bonds is 6. The molecule has 2 aromatic carbocycles. The molecule has 8 nitrogen and oxygen atoms in total. The van der Waals surface area contributed by atoms with E-state index in [1.54, 1.807) is 36.5 Å². The average Bonchev–Trinajstić information content (AvgIpc) is 3.17. The number of methoxy groups -OCH3 is 3. The number of imidazole rings is 1. The first-order valence-electron chi connectivity index (χ1n) is 9.39. The van der Waals surface area contributed by atoms with Crippen molar-refractivity contribution in [3.63, 3.8) is 0 Å². The molecule has 0 saturated carbocycles. The van der Waals surface area contributed by atoms with Crippen molar-refractivity contribution in [1.82, 2.24) is 9.38 Å². The monoisotopic (exact) mass is 419 g/mol. The quantitative estimate of drug-likeness (QED) is 0.455. The van der Waals surface area contributed by atoms with Gasteiger partial charge in [0.25, 0.3) is 0 Å². The van der Waals surface area contributed by atoms with E-state index in [2.05, 4.69) is 4.99 Å². The summed E-state index contributed by atoms with van der Waals surface area (Å²) < 4.78 is 17.5. The summed E-state index contributed by atoms with van der Waals surface area (Å²) in [5, 5.41) is 20.1. The van der Waals surface area contributed by atoms with Crippen LogP contribution in [0.5, 0.6) is 28.7 Å². The second kappa shape index (κ2) is 8.27. The van der Waals surface area contributed by atoms with Gasteiger partial charge >= 0.3 is 0 Å². The molecular weight excluding hydrogens is 398 g/mol. The summed E-state index contributed by atoms with van der Waals surface area (Å²) in [5.41, 5.74) is 2.76. The maximum Gasteiger partial charge on any atom is 0.200 e. The number of benzene rings is 2. The number of ether oxygens (including phenoxy) is 3. The van der Waals surface area contributed by atoms with Gasteiger partial charge in [0.2, 0.25) is 5.75 Å². The van der Waals surface area contributed by atoms with Gasteiger partial charge in [-0.1, -0.05) is 6.07 Å². The molecule has 4 aromatic rings. The Labute approximate surface area is 178 Å². The highest BCUT2D eigenvalue weighted by Gasteiger charge is 2.16. The first-order valence-corrected chi connectivity index (χ1v) is 9.39. The lowest BCUT2D eigenvalue weighted by Gasteiger charge is -2.09. The van der Waals surface area contributed by atoms with Gasteiger partial charge in [-0.2, -0.15) is 0 Å². The van der Waals surface area contributed by atoms with E-state index < -0.39 is 0 Å². The van der Waals surface area contributed by atoms with Gasteiger partial charge in [-0.3, -0.25) is 4.40 Å². The van der Waals surface area contributed by atoms with Crippen molar-refractivity contribution >= 4 is 17.7 Å². The van der Waals surface area contributed by atoms with Gasteiger partial charge < -0.3 is 24.4 Å². The lowest BCUT2D eigenvalue weighted by Crippen LogP contribution is -1.92. The number of hydrogen-bond donors (Lipinski definition) is 2. The summed E-state index contributed by atoms with van der Waals surface area (Å²) in [5.74, 6) is 1.47. The summed E-state index contributed by atoms with van der Waals surface area (Å²) >= 11 is 0. The summed E-state index contributed by atoms with van der Waals surface area (Å²) in [7, 11) is 4.43. The van der Waals surface area contributed by atoms with Crippen LogP contribution in [0.2, 0.25) is 0 Å². The molecule has 0 amide bonds. The minimum atomic E-state index is -0.0752. The molecule has 2 N–H and O–H groups in total. The SMILES string of the molecule is COc1cc(-c2nc3ccccn3c2/N=C/c2cc(OC)c(O)c(OC)c2)ccc1O. The summed E-state index contributed by atoms with van der Waals surface area (Å²) in [6.45, 7) is 0. The van der Waals surface area contributed by atoms with E-state index in [0.29, 0.717) is 22.8 Å². The zero-order valence-corrected chi connectivity index (χ0v) is 17.2. The highest BCUT2D eigenvalue weighted by molar-refractivity contribution is 5.87. The number of nitrogens with zero attached hydrogens (tertiary/aromatic N) is 3. The highest BCUT2D eigenvalue weighted by atomic mass is 16.5. The van der Waals surface area contributed by atoms with Crippen LogP contribution in [0.3, 0.4) is 0 Å². The van der Waals surface area contributed by atoms with E-state index in [-0.39, 0.29) is 23.0 Å². The van der Waals surface area contributed by atoms with Crippen LogP contribution in [0.25, 0.3) is 16.9 Å². The Hall–Kier alpha value is -4.20. The van der Waals surface area contributed by atoms with Crippen LogP contribution in [-0.4, -0.2) is 47.1 Å². The van der Waals surface area contributed by atoms with Crippen LogP contribution in [0.4, 0.5) is 5.82 Å². The van der Waals surface area contributed by atoms with E-state index in [9.17, 15) is 10.2 Å². The van der Waals surface area contributed by atoms with Crippen molar-refractivity contribution in [3.05, 3.63) is 60.3 Å². The summed E-state index contributed by atoms with van der Waals surface area (Å²) in [6, 6.07) is 14.0. The van der Waals surface area contributed by atoms with Crippen molar-refractivity contribution in [2.75, 3.05) is 21.3 Å². The molecular formula is C23H21N3O5. The van der Waals surface area contributed by atoms with Crippen molar-refractivity contribution in [1.29, 1.82) is 0 Å². The Morgan fingerprint density at radius 1 is 0.903 bits per heavy atom. The molecule has 0 unspecified atom stereocenters. The fourth-order valence-electron chi connectivity index (χ4n) is 3.25. The van der Waals surface area contributed by atoms with E-state index in [1.165, 1.54) is 21.3 Å². The van der Waals surface area contributed by atoms with Gasteiger partial charge in [-0.15, -0.1) is 0 Å². The predicted octanol–water partition coefficient (Wildman–Crippen LogP) is 4.19. The first kappa shape index (κ1) is 20.1. The number of phenols is 2. The van der Waals surface area contributed by atoms with Crippen molar-refractivity contribution in [2.45, 2.75) is 0 Å². The fourth-order valence-corrected chi connectivity index (χ4v) is 3.25. The Bertz CT molecular complexity index is 1250. The van der Waals surface area contributed by atoms with Crippen molar-refractivity contribution in [2.24, 2.45) is 4.99 Å². The molecule has 158 valence electrons. The number of fused-ring (bicyclic) bond motifs is 1. The molecule has 0 fully saturated rings. The third-order valence-corrected chi connectivity index (χ3v) is 4.80. The molecule has 0 bridgehead atoms. The Morgan fingerprint density at radius 3 is 2.29 bits per heavy atom. The molecule has 0 saturated heterocycles. The van der Waals surface area contributed by atoms with Crippen LogP contribution >= 0.6 is 0 Å². The van der Waals surface area contributed by atoms with Crippen molar-refractivity contribution < 1.29 is 24.4 Å². The Kier molecular flexibility index (Phi) is 5.36. The fraction of sp³-hybridized carbons (Fsp3) is 0.130. The molecule has 8 heteroatoms. The van der Waals surface area contributed by atoms with E-state index in [4.69, 9.17) is 19.2 Å². The number of phenolic OH excluding ortho intramolecular Hbond substituents is 2. The lowest BCUT2D eigenvalue weighted by atomic mass is 10.1. The standard InChI is InChI=1S/C23H21N3O5/c1-29-17-12-15(7-8-16(17)27)21-23(26-9-5-4-6-20(26)25-21)24-13-14-10-18(30-2)22(28)19(11-14)31-3/h4-13,27-28H,1-3H3/b24-13+. The smallest absolute Gasteiger partial charge is 0.200 e. The molecule has 0 spiro atoms. The minimum Gasteiger partial charge on any atom is -0.504 e. The second-order valence-corrected chi connectivity index (χ2v) is 6.63. The van der Waals surface area contributed by atoms with Crippen LogP contribution in [0.1, 0.15) is 5.56 Å². The zero-order chi connectivity index (χ0) is 22.0. The van der Waals surface area contributed by atoms with Gasteiger partial charge in [0.05, 0.1) is 21.3 Å². The molecule has 0 aliphatic carbocycles. The minimum absolute atomic E-state index is 0.0448. The molecule has 0 aliphatic rings. The second-order valence-electron chi connectivity index (χ2n) is 6.63. The van der Waals surface area contributed by atoms with Crippen molar-refractivity contribution in [3.8, 4) is 40.0 Å². The number of hydrogen-bond acceptors (Lipinski definition) is 7. The molecule has 0 radical (unpaired) electrons. The zero-order valence-electron chi connectivity index (χ0n) is 17.2. The topological polar surface area (TPSA) is 97.8 Å². The van der Waals surface area contributed by atoms with E-state index in [0.717, 1.165) is 11.2 Å². The largest absolute Gasteiger partial charge is 0.504 e. The van der Waals surface area contributed by atoms with Crippen LogP contribution in [-0.2, 0) is 0 Å². The average molecular weight is 419 g/mol. The number of pyridine rings is 1. The Balaban J connectivity index is 1.85. The number of aliphatic imine (C=N–C) groups is 1. The van der Waals surface area contributed by atoms with E-state index in [1.807, 2.05) is 28.8 Å². The van der Waals surface area contributed by atoms with Crippen LogP contribution in [0.15, 0.2) is 59.7 Å². The maximum atomic E-state index is 10.1. The molecule has 2 heterocycles. The summed E-state index contributed by atoms with van der Waals surface area (Å²) in [4.78, 5) is 9.38. The first-order chi connectivity index (χ1) is 15.0. The molecule has 31 heavy (non-hydrogen) atoms. The predicted molar refractivity (Wildman–Crippen MR) is 117 cm³/mol. The van der Waals surface area contributed by atoms with Gasteiger partial charge in [0, 0.05) is 23.5 Å². The number of aromatic hydroxyl groups is 2. The Morgan fingerprint density at radius 2 is 1.61 bits per heavy atom. The molecule has 0 atom stereocenters. The van der Waals surface area contributed by atoms with Crippen LogP contribution < -0.4 is 14.2 Å². The van der Waals surface area contributed by atoms with Gasteiger partial charge in [-0.05, 0) is 42.5 Å².